The maximum Gasteiger partial charge on any atom is 0.273 e. The van der Waals surface area contributed by atoms with Gasteiger partial charge in [0, 0.05) is 0 Å². The second-order valence-electron chi connectivity index (χ2n) is 5.26. The summed E-state index contributed by atoms with van der Waals surface area (Å²) in [4.78, 5) is 12.0. The molecule has 7 heteroatoms. The van der Waals surface area contributed by atoms with Crippen LogP contribution in [0.25, 0.3) is 0 Å². The molecule has 2 aromatic heterocycles. The summed E-state index contributed by atoms with van der Waals surface area (Å²) >= 11 is 0. The van der Waals surface area contributed by atoms with Crippen LogP contribution < -0.4 is 10.6 Å². The summed E-state index contributed by atoms with van der Waals surface area (Å²) in [5, 5.41) is 14.1. The largest absolute Gasteiger partial charge is 0.465 e. The lowest BCUT2D eigenvalue weighted by molar-refractivity contribution is 0.0942. The van der Waals surface area contributed by atoms with Crippen LogP contribution in [-0.2, 0) is 6.54 Å². The number of nitrogens with one attached hydrogen (secondary N) is 2. The first-order chi connectivity index (χ1) is 10.2. The van der Waals surface area contributed by atoms with E-state index in [-0.39, 0.29) is 5.91 Å². The minimum Gasteiger partial charge on any atom is -0.465 e. The van der Waals surface area contributed by atoms with Crippen LogP contribution in [0.4, 0.5) is 0 Å². The SMILES string of the molecule is Cc1ccc(CNC(=O)c2cn(C3CCNCC3)nn2)o1. The first-order valence-electron chi connectivity index (χ1n) is 7.18. The Bertz CT molecular complexity index is 612. The van der Waals surface area contributed by atoms with Gasteiger partial charge in [-0.25, -0.2) is 4.68 Å². The highest BCUT2D eigenvalue weighted by atomic mass is 16.3. The normalized spacial score (nSPS) is 16.0. The summed E-state index contributed by atoms with van der Waals surface area (Å²) < 4.78 is 7.21. The molecule has 0 aliphatic carbocycles. The Balaban J connectivity index is 1.58. The molecule has 1 saturated heterocycles. The van der Waals surface area contributed by atoms with E-state index in [1.54, 1.807) is 10.9 Å². The fraction of sp³-hybridized carbons (Fsp3) is 0.500. The number of amides is 1. The highest BCUT2D eigenvalue weighted by Gasteiger charge is 2.18. The third-order valence-corrected chi connectivity index (χ3v) is 3.64. The Morgan fingerprint density at radius 3 is 3.00 bits per heavy atom. The molecule has 0 radical (unpaired) electrons. The van der Waals surface area contributed by atoms with Gasteiger partial charge < -0.3 is 15.1 Å². The van der Waals surface area contributed by atoms with E-state index in [4.69, 9.17) is 4.42 Å². The number of hydrogen-bond acceptors (Lipinski definition) is 5. The van der Waals surface area contributed by atoms with Gasteiger partial charge in [0.1, 0.15) is 11.5 Å². The molecule has 0 bridgehead atoms. The number of carbonyl (C=O) groups is 1. The highest BCUT2D eigenvalue weighted by Crippen LogP contribution is 2.17. The number of hydrogen-bond donors (Lipinski definition) is 2. The molecule has 0 aromatic carbocycles. The molecule has 1 aliphatic rings. The summed E-state index contributed by atoms with van der Waals surface area (Å²) in [5.74, 6) is 1.33. The molecule has 3 rings (SSSR count). The highest BCUT2D eigenvalue weighted by molar-refractivity contribution is 5.91. The standard InChI is InChI=1S/C14H19N5O2/c1-10-2-3-12(21-10)8-16-14(20)13-9-19(18-17-13)11-4-6-15-7-5-11/h2-3,9,11,15H,4-8H2,1H3,(H,16,20). The summed E-state index contributed by atoms with van der Waals surface area (Å²) in [5.41, 5.74) is 0.344. The van der Waals surface area contributed by atoms with Crippen molar-refractivity contribution in [2.45, 2.75) is 32.4 Å². The van der Waals surface area contributed by atoms with Crippen molar-refractivity contribution in [3.05, 3.63) is 35.5 Å². The first-order valence-corrected chi connectivity index (χ1v) is 7.18. The molecule has 1 aliphatic heterocycles. The molecule has 7 nitrogen and oxygen atoms in total. The average Bonchev–Trinajstić information content (AvgIpc) is 3.15. The van der Waals surface area contributed by atoms with E-state index >= 15 is 0 Å². The van der Waals surface area contributed by atoms with E-state index in [0.717, 1.165) is 37.5 Å². The molecule has 0 spiro atoms. The maximum absolute atomic E-state index is 12.0. The van der Waals surface area contributed by atoms with Gasteiger partial charge in [-0.05, 0) is 45.0 Å². The van der Waals surface area contributed by atoms with Crippen LogP contribution in [0.2, 0.25) is 0 Å². The molecule has 112 valence electrons. The predicted octanol–water partition coefficient (Wildman–Crippen LogP) is 1.03. The van der Waals surface area contributed by atoms with Gasteiger partial charge in [0.25, 0.3) is 5.91 Å². The Hall–Kier alpha value is -2.15. The lowest BCUT2D eigenvalue weighted by Crippen LogP contribution is -2.29. The summed E-state index contributed by atoms with van der Waals surface area (Å²) in [6, 6.07) is 4.05. The van der Waals surface area contributed by atoms with E-state index in [0.29, 0.717) is 18.3 Å². The van der Waals surface area contributed by atoms with Crippen molar-refractivity contribution < 1.29 is 9.21 Å². The van der Waals surface area contributed by atoms with E-state index < -0.39 is 0 Å². The monoisotopic (exact) mass is 289 g/mol. The van der Waals surface area contributed by atoms with Gasteiger partial charge in [0.2, 0.25) is 0 Å². The third kappa shape index (κ3) is 3.30. The summed E-state index contributed by atoms with van der Waals surface area (Å²) in [6.45, 7) is 4.18. The number of nitrogens with zero attached hydrogens (tertiary/aromatic N) is 3. The van der Waals surface area contributed by atoms with Crippen LogP contribution in [0, 0.1) is 6.92 Å². The zero-order valence-corrected chi connectivity index (χ0v) is 12.0. The second-order valence-corrected chi connectivity index (χ2v) is 5.26. The van der Waals surface area contributed by atoms with Gasteiger partial charge in [-0.15, -0.1) is 5.10 Å². The van der Waals surface area contributed by atoms with Gasteiger partial charge in [0.15, 0.2) is 5.69 Å². The molecule has 3 heterocycles. The van der Waals surface area contributed by atoms with Gasteiger partial charge in [-0.1, -0.05) is 5.21 Å². The van der Waals surface area contributed by atoms with Crippen LogP contribution in [0.5, 0.6) is 0 Å². The van der Waals surface area contributed by atoms with Gasteiger partial charge in [0.05, 0.1) is 18.8 Å². The smallest absolute Gasteiger partial charge is 0.273 e. The van der Waals surface area contributed by atoms with Crippen molar-refractivity contribution in [1.82, 2.24) is 25.6 Å². The number of aryl methyl sites for hydroxylation is 1. The molecule has 2 N–H and O–H groups in total. The number of piperidine rings is 1. The van der Waals surface area contributed by atoms with Gasteiger partial charge >= 0.3 is 0 Å². The van der Waals surface area contributed by atoms with E-state index in [1.807, 2.05) is 19.1 Å². The molecule has 21 heavy (non-hydrogen) atoms. The number of carbonyl (C=O) groups excluding carboxylic acids is 1. The molecule has 0 unspecified atom stereocenters. The number of aromatic nitrogens is 3. The fourth-order valence-electron chi connectivity index (χ4n) is 2.47. The Morgan fingerprint density at radius 1 is 1.48 bits per heavy atom. The number of furan rings is 1. The maximum atomic E-state index is 12.0. The minimum atomic E-state index is -0.232. The molecular weight excluding hydrogens is 270 g/mol. The lowest BCUT2D eigenvalue weighted by Gasteiger charge is -2.22. The second kappa shape index (κ2) is 6.09. The summed E-state index contributed by atoms with van der Waals surface area (Å²) in [7, 11) is 0. The van der Waals surface area contributed by atoms with Crippen molar-refractivity contribution in [1.29, 1.82) is 0 Å². The molecule has 0 saturated carbocycles. The quantitative estimate of drug-likeness (QED) is 0.878. The van der Waals surface area contributed by atoms with Crippen molar-refractivity contribution in [2.24, 2.45) is 0 Å². The summed E-state index contributed by atoms with van der Waals surface area (Å²) in [6.07, 6.45) is 3.74. The lowest BCUT2D eigenvalue weighted by atomic mass is 10.1. The zero-order chi connectivity index (χ0) is 14.7. The molecule has 1 fully saturated rings. The van der Waals surface area contributed by atoms with Crippen molar-refractivity contribution in [3.63, 3.8) is 0 Å². The van der Waals surface area contributed by atoms with Crippen molar-refractivity contribution in [3.8, 4) is 0 Å². The molecule has 0 atom stereocenters. The van der Waals surface area contributed by atoms with E-state index in [1.165, 1.54) is 0 Å². The minimum absolute atomic E-state index is 0.232. The zero-order valence-electron chi connectivity index (χ0n) is 12.0. The first kappa shape index (κ1) is 13.8. The molecule has 2 aromatic rings. The Kier molecular flexibility index (Phi) is 4.01. The third-order valence-electron chi connectivity index (χ3n) is 3.64. The van der Waals surface area contributed by atoms with Crippen LogP contribution in [-0.4, -0.2) is 34.0 Å². The van der Waals surface area contributed by atoms with Crippen LogP contribution in [0.3, 0.4) is 0 Å². The van der Waals surface area contributed by atoms with E-state index in [2.05, 4.69) is 20.9 Å². The van der Waals surface area contributed by atoms with Gasteiger partial charge in [-0.3, -0.25) is 4.79 Å². The van der Waals surface area contributed by atoms with Crippen LogP contribution in [0.1, 0.15) is 40.9 Å². The predicted molar refractivity (Wildman–Crippen MR) is 75.8 cm³/mol. The molecule has 1 amide bonds. The average molecular weight is 289 g/mol. The van der Waals surface area contributed by atoms with Gasteiger partial charge in [-0.2, -0.15) is 0 Å². The molecular formula is C14H19N5O2. The fourth-order valence-corrected chi connectivity index (χ4v) is 2.47. The topological polar surface area (TPSA) is 85.0 Å². The number of rotatable bonds is 4. The van der Waals surface area contributed by atoms with Crippen LogP contribution in [0.15, 0.2) is 22.7 Å². The Morgan fingerprint density at radius 2 is 2.29 bits per heavy atom. The van der Waals surface area contributed by atoms with Crippen molar-refractivity contribution >= 4 is 5.91 Å². The van der Waals surface area contributed by atoms with E-state index in [9.17, 15) is 4.79 Å². The van der Waals surface area contributed by atoms with Crippen LogP contribution >= 0.6 is 0 Å². The Labute approximate surface area is 122 Å². The van der Waals surface area contributed by atoms with Crippen molar-refractivity contribution in [2.75, 3.05) is 13.1 Å².